The van der Waals surface area contributed by atoms with Gasteiger partial charge in [-0.3, -0.25) is 4.99 Å². The molecule has 1 unspecified atom stereocenters. The number of nitrogens with one attached hydrogen (secondary N) is 2. The van der Waals surface area contributed by atoms with Gasteiger partial charge in [-0.1, -0.05) is 12.1 Å². The number of aromatic nitrogens is 1. The highest BCUT2D eigenvalue weighted by molar-refractivity contribution is 7.92. The standard InChI is InChI=1S/C28H31F4N5O3S/c1-28(2,3)36-25-14-18(10-12-35-25)21(16-34-13-11-29)27(33)20-6-5-7-23(26(20)32)37(17-40-4)41(38,39)24-15-19(30)8-9-22(24)31/h5-10,12,14-16,21,33H,11,13,17H2,1-4H3,(H,35,36). The summed E-state index contributed by atoms with van der Waals surface area (Å²) in [4.78, 5) is 7.29. The molecule has 0 spiro atoms. The van der Waals surface area contributed by atoms with E-state index in [2.05, 4.69) is 15.3 Å². The van der Waals surface area contributed by atoms with Crippen molar-refractivity contribution in [3.8, 4) is 0 Å². The van der Waals surface area contributed by atoms with Gasteiger partial charge in [-0.25, -0.2) is 35.3 Å². The average molecular weight is 594 g/mol. The third kappa shape index (κ3) is 7.67. The summed E-state index contributed by atoms with van der Waals surface area (Å²) in [5.74, 6) is -3.86. The fourth-order valence-electron chi connectivity index (χ4n) is 3.92. The molecule has 2 aromatic carbocycles. The highest BCUT2D eigenvalue weighted by atomic mass is 32.2. The molecule has 1 aromatic heterocycles. The molecule has 0 saturated carbocycles. The molecule has 0 aliphatic carbocycles. The summed E-state index contributed by atoms with van der Waals surface area (Å²) in [6, 6.07) is 8.85. The van der Waals surface area contributed by atoms with E-state index < -0.39 is 57.4 Å². The monoisotopic (exact) mass is 593 g/mol. The minimum atomic E-state index is -4.85. The Kier molecular flexibility index (Phi) is 10.2. The summed E-state index contributed by atoms with van der Waals surface area (Å²) in [6.07, 6.45) is 2.82. The van der Waals surface area contributed by atoms with E-state index in [1.807, 2.05) is 20.8 Å². The molecule has 3 aromatic rings. The van der Waals surface area contributed by atoms with Gasteiger partial charge in [-0.05, 0) is 62.7 Å². The number of hydrogen-bond acceptors (Lipinski definition) is 7. The molecule has 0 bridgehead atoms. The third-order valence-electron chi connectivity index (χ3n) is 5.67. The first-order valence-electron chi connectivity index (χ1n) is 12.4. The van der Waals surface area contributed by atoms with Crippen molar-refractivity contribution in [1.82, 2.24) is 4.98 Å². The molecule has 41 heavy (non-hydrogen) atoms. The van der Waals surface area contributed by atoms with Crippen molar-refractivity contribution >= 4 is 33.5 Å². The van der Waals surface area contributed by atoms with Crippen LogP contribution < -0.4 is 9.62 Å². The van der Waals surface area contributed by atoms with E-state index in [4.69, 9.17) is 10.1 Å². The molecular weight excluding hydrogens is 562 g/mol. The number of pyridine rings is 1. The molecule has 0 amide bonds. The van der Waals surface area contributed by atoms with Gasteiger partial charge in [0.05, 0.1) is 23.9 Å². The van der Waals surface area contributed by atoms with Crippen LogP contribution in [0, 0.1) is 22.9 Å². The first-order chi connectivity index (χ1) is 19.3. The quantitative estimate of drug-likeness (QED) is 0.159. The average Bonchev–Trinajstić information content (AvgIpc) is 2.90. The van der Waals surface area contributed by atoms with Gasteiger partial charge in [-0.2, -0.15) is 0 Å². The van der Waals surface area contributed by atoms with Gasteiger partial charge >= 0.3 is 0 Å². The molecule has 2 N–H and O–H groups in total. The number of methoxy groups -OCH3 is 1. The number of anilines is 2. The maximum atomic E-state index is 16.1. The van der Waals surface area contributed by atoms with Crippen LogP contribution in [0.2, 0.25) is 0 Å². The van der Waals surface area contributed by atoms with Crippen LogP contribution in [0.15, 0.2) is 64.6 Å². The van der Waals surface area contributed by atoms with Crippen LogP contribution in [-0.2, 0) is 14.8 Å². The van der Waals surface area contributed by atoms with Crippen LogP contribution in [0.3, 0.4) is 0 Å². The first-order valence-corrected chi connectivity index (χ1v) is 13.9. The van der Waals surface area contributed by atoms with Crippen LogP contribution in [0.1, 0.15) is 37.8 Å². The maximum Gasteiger partial charge on any atom is 0.269 e. The van der Waals surface area contributed by atoms with E-state index in [9.17, 15) is 21.6 Å². The zero-order valence-corrected chi connectivity index (χ0v) is 23.8. The van der Waals surface area contributed by atoms with Gasteiger partial charge < -0.3 is 15.5 Å². The van der Waals surface area contributed by atoms with Crippen LogP contribution in [-0.4, -0.2) is 57.9 Å². The van der Waals surface area contributed by atoms with E-state index >= 15 is 4.39 Å². The highest BCUT2D eigenvalue weighted by Crippen LogP contribution is 2.32. The Morgan fingerprint density at radius 1 is 1.17 bits per heavy atom. The topological polar surface area (TPSA) is 108 Å². The van der Waals surface area contributed by atoms with Crippen LogP contribution in [0.25, 0.3) is 0 Å². The normalized spacial score (nSPS) is 12.9. The molecule has 220 valence electrons. The number of nitrogens with zero attached hydrogens (tertiary/aromatic N) is 3. The van der Waals surface area contributed by atoms with Crippen molar-refractivity contribution in [3.63, 3.8) is 0 Å². The predicted molar refractivity (Wildman–Crippen MR) is 151 cm³/mol. The maximum absolute atomic E-state index is 16.1. The van der Waals surface area contributed by atoms with Crippen LogP contribution >= 0.6 is 0 Å². The molecule has 3 rings (SSSR count). The van der Waals surface area contributed by atoms with Gasteiger partial charge in [0, 0.05) is 30.6 Å². The third-order valence-corrected chi connectivity index (χ3v) is 7.42. The lowest BCUT2D eigenvalue weighted by molar-refractivity contribution is 0.209. The van der Waals surface area contributed by atoms with E-state index in [1.165, 1.54) is 24.5 Å². The Morgan fingerprint density at radius 3 is 2.56 bits per heavy atom. The van der Waals surface area contributed by atoms with E-state index in [0.717, 1.165) is 19.2 Å². The number of rotatable bonds is 12. The van der Waals surface area contributed by atoms with Gasteiger partial charge in [0.1, 0.15) is 35.8 Å². The Hall–Kier alpha value is -3.84. The number of hydrogen-bond donors (Lipinski definition) is 2. The number of alkyl halides is 1. The Labute approximate surface area is 236 Å². The van der Waals surface area contributed by atoms with Crippen molar-refractivity contribution in [2.24, 2.45) is 4.99 Å². The molecule has 13 heteroatoms. The molecule has 8 nitrogen and oxygen atoms in total. The summed E-state index contributed by atoms with van der Waals surface area (Å²) in [5, 5.41) is 12.1. The largest absolute Gasteiger partial charge is 0.365 e. The number of benzene rings is 2. The molecule has 1 heterocycles. The Bertz CT molecular complexity index is 1530. The molecule has 0 fully saturated rings. The summed E-state index contributed by atoms with van der Waals surface area (Å²) >= 11 is 0. The minimum Gasteiger partial charge on any atom is -0.365 e. The van der Waals surface area contributed by atoms with Crippen molar-refractivity contribution < 1.29 is 30.7 Å². The minimum absolute atomic E-state index is 0.177. The second-order valence-electron chi connectivity index (χ2n) is 9.97. The van der Waals surface area contributed by atoms with Crippen molar-refractivity contribution in [1.29, 1.82) is 5.41 Å². The molecule has 1 atom stereocenters. The number of sulfonamides is 1. The summed E-state index contributed by atoms with van der Waals surface area (Å²) in [7, 11) is -3.70. The molecule has 0 aliphatic rings. The van der Waals surface area contributed by atoms with Gasteiger partial charge in [0.15, 0.2) is 5.82 Å². The first kappa shape index (κ1) is 31.7. The summed E-state index contributed by atoms with van der Waals surface area (Å²) < 4.78 is 89.4. The molecule has 0 saturated heterocycles. The van der Waals surface area contributed by atoms with Crippen LogP contribution in [0.4, 0.5) is 29.1 Å². The number of ether oxygens (including phenoxy) is 1. The summed E-state index contributed by atoms with van der Waals surface area (Å²) in [5.41, 5.74) is -1.01. The highest BCUT2D eigenvalue weighted by Gasteiger charge is 2.32. The zero-order valence-electron chi connectivity index (χ0n) is 23.0. The van der Waals surface area contributed by atoms with E-state index in [-0.39, 0.29) is 23.4 Å². The SMILES string of the molecule is COCN(c1cccc(C(=N)C(C=NCCF)c2ccnc(NC(C)(C)C)c2)c1F)S(=O)(=O)c1cc(F)ccc1F. The van der Waals surface area contributed by atoms with Crippen LogP contribution in [0.5, 0.6) is 0 Å². The van der Waals surface area contributed by atoms with E-state index in [1.54, 1.807) is 12.1 Å². The zero-order chi connectivity index (χ0) is 30.4. The number of halogens is 4. The second kappa shape index (κ2) is 13.2. The van der Waals surface area contributed by atoms with Crippen molar-refractivity contribution in [2.75, 3.05) is 36.7 Å². The Balaban J connectivity index is 2.12. The lowest BCUT2D eigenvalue weighted by atomic mass is 9.90. The lowest BCUT2D eigenvalue weighted by Crippen LogP contribution is -2.34. The van der Waals surface area contributed by atoms with Crippen molar-refractivity contribution in [2.45, 2.75) is 37.1 Å². The van der Waals surface area contributed by atoms with E-state index in [0.29, 0.717) is 27.8 Å². The molecular formula is C28H31F4N5O3S. The lowest BCUT2D eigenvalue weighted by Gasteiger charge is -2.26. The summed E-state index contributed by atoms with van der Waals surface area (Å²) in [6.45, 7) is 4.14. The fraction of sp³-hybridized carbons (Fsp3) is 0.321. The molecule has 0 aliphatic heterocycles. The fourth-order valence-corrected chi connectivity index (χ4v) is 5.37. The Morgan fingerprint density at radius 2 is 1.90 bits per heavy atom. The predicted octanol–water partition coefficient (Wildman–Crippen LogP) is 5.70. The number of aliphatic imine (C=N–C) groups is 1. The smallest absolute Gasteiger partial charge is 0.269 e. The van der Waals surface area contributed by atoms with Gasteiger partial charge in [0.2, 0.25) is 0 Å². The second-order valence-corrected chi connectivity index (χ2v) is 11.8. The van der Waals surface area contributed by atoms with Gasteiger partial charge in [0.25, 0.3) is 10.0 Å². The van der Waals surface area contributed by atoms with Crippen molar-refractivity contribution in [3.05, 3.63) is 83.3 Å². The van der Waals surface area contributed by atoms with Gasteiger partial charge in [-0.15, -0.1) is 0 Å². The molecule has 0 radical (unpaired) electrons.